The molecule has 0 aliphatic carbocycles. The van der Waals surface area contributed by atoms with Gasteiger partial charge < -0.3 is 20.5 Å². The number of aliphatic hydroxyl groups is 1. The second-order valence-electron chi connectivity index (χ2n) is 3.22. The van der Waals surface area contributed by atoms with Crippen LogP contribution in [0.15, 0.2) is 0 Å². The van der Waals surface area contributed by atoms with Gasteiger partial charge in [-0.05, 0) is 0 Å². The third-order valence-electron chi connectivity index (χ3n) is 1.98. The Bertz CT molecular complexity index is 175. The van der Waals surface area contributed by atoms with Crippen LogP contribution in [0.4, 0.5) is 0 Å². The maximum absolute atomic E-state index is 10.8. The highest BCUT2D eigenvalue weighted by Gasteiger charge is 2.21. The summed E-state index contributed by atoms with van der Waals surface area (Å²) in [6, 6.07) is 0.152. The van der Waals surface area contributed by atoms with Gasteiger partial charge in [0.1, 0.15) is 0 Å². The predicted octanol–water partition coefficient (Wildman–Crippen LogP) is -1.53. The Hall–Kier alpha value is -0.650. The van der Waals surface area contributed by atoms with E-state index in [0.29, 0.717) is 26.1 Å². The number of carbonyl (C=O) groups excluding carboxylic acids is 1. The van der Waals surface area contributed by atoms with Crippen LogP contribution in [0.25, 0.3) is 0 Å². The number of aliphatic hydroxyl groups excluding tert-OH is 1. The summed E-state index contributed by atoms with van der Waals surface area (Å²) in [5.74, 6) is 0.0683. The van der Waals surface area contributed by atoms with Crippen molar-refractivity contribution in [2.24, 2.45) is 0 Å². The number of amides is 1. The second-order valence-corrected chi connectivity index (χ2v) is 3.22. The summed E-state index contributed by atoms with van der Waals surface area (Å²) in [7, 11) is 1.55. The molecular formula is C8H16N2O3. The van der Waals surface area contributed by atoms with Crippen molar-refractivity contribution in [1.82, 2.24) is 10.6 Å². The summed E-state index contributed by atoms with van der Waals surface area (Å²) in [5, 5.41) is 15.1. The SMILES string of the molecule is COCC(O)CNC1CNC(=O)C1. The number of nitrogens with one attached hydrogen (secondary N) is 2. The molecule has 76 valence electrons. The molecule has 0 aromatic rings. The summed E-state index contributed by atoms with van der Waals surface area (Å²) in [5.41, 5.74) is 0. The van der Waals surface area contributed by atoms with Gasteiger partial charge in [-0.2, -0.15) is 0 Å². The van der Waals surface area contributed by atoms with E-state index in [2.05, 4.69) is 10.6 Å². The number of rotatable bonds is 5. The Labute approximate surface area is 77.5 Å². The molecule has 3 N–H and O–H groups in total. The van der Waals surface area contributed by atoms with E-state index in [1.807, 2.05) is 0 Å². The molecule has 13 heavy (non-hydrogen) atoms. The van der Waals surface area contributed by atoms with Crippen molar-refractivity contribution < 1.29 is 14.6 Å². The maximum Gasteiger partial charge on any atom is 0.221 e. The number of hydrogen-bond donors (Lipinski definition) is 3. The molecule has 0 spiro atoms. The quantitative estimate of drug-likeness (QED) is 0.489. The minimum absolute atomic E-state index is 0.0683. The van der Waals surface area contributed by atoms with Crippen LogP contribution >= 0.6 is 0 Å². The van der Waals surface area contributed by atoms with Gasteiger partial charge in [-0.1, -0.05) is 0 Å². The van der Waals surface area contributed by atoms with Crippen LogP contribution in [0.2, 0.25) is 0 Å². The van der Waals surface area contributed by atoms with Gasteiger partial charge in [-0.3, -0.25) is 4.79 Å². The Morgan fingerprint density at radius 1 is 1.85 bits per heavy atom. The number of carbonyl (C=O) groups is 1. The molecule has 2 atom stereocenters. The third kappa shape index (κ3) is 3.71. The van der Waals surface area contributed by atoms with Crippen LogP contribution < -0.4 is 10.6 Å². The molecule has 1 amide bonds. The molecule has 1 fully saturated rings. The molecule has 1 heterocycles. The van der Waals surface area contributed by atoms with Crippen LogP contribution in [0, 0.1) is 0 Å². The van der Waals surface area contributed by atoms with E-state index >= 15 is 0 Å². The topological polar surface area (TPSA) is 70.6 Å². The second kappa shape index (κ2) is 5.16. The van der Waals surface area contributed by atoms with Crippen molar-refractivity contribution in [2.45, 2.75) is 18.6 Å². The first-order valence-electron chi connectivity index (χ1n) is 4.39. The van der Waals surface area contributed by atoms with Crippen LogP contribution in [-0.2, 0) is 9.53 Å². The van der Waals surface area contributed by atoms with Gasteiger partial charge in [0.2, 0.25) is 5.91 Å². The fraction of sp³-hybridized carbons (Fsp3) is 0.875. The van der Waals surface area contributed by atoms with Crippen molar-refractivity contribution in [3.63, 3.8) is 0 Å². The molecule has 2 unspecified atom stereocenters. The first-order chi connectivity index (χ1) is 6.22. The van der Waals surface area contributed by atoms with Gasteiger partial charge in [-0.25, -0.2) is 0 Å². The van der Waals surface area contributed by atoms with Crippen LogP contribution in [0.3, 0.4) is 0 Å². The fourth-order valence-electron chi connectivity index (χ4n) is 1.30. The molecule has 1 saturated heterocycles. The van der Waals surface area contributed by atoms with Crippen molar-refractivity contribution in [1.29, 1.82) is 0 Å². The number of methoxy groups -OCH3 is 1. The van der Waals surface area contributed by atoms with Gasteiger partial charge >= 0.3 is 0 Å². The number of ether oxygens (including phenoxy) is 1. The van der Waals surface area contributed by atoms with Crippen molar-refractivity contribution in [2.75, 3.05) is 26.8 Å². The van der Waals surface area contributed by atoms with E-state index in [9.17, 15) is 9.90 Å². The van der Waals surface area contributed by atoms with Gasteiger partial charge in [-0.15, -0.1) is 0 Å². The molecule has 1 rings (SSSR count). The van der Waals surface area contributed by atoms with Gasteiger partial charge in [0.25, 0.3) is 0 Å². The molecule has 0 aromatic heterocycles. The van der Waals surface area contributed by atoms with Crippen molar-refractivity contribution in [3.8, 4) is 0 Å². The average Bonchev–Trinajstić information content (AvgIpc) is 2.49. The standard InChI is InChI=1S/C8H16N2O3/c1-13-5-7(11)4-9-6-2-8(12)10-3-6/h6-7,9,11H,2-5H2,1H3,(H,10,12). The lowest BCUT2D eigenvalue weighted by Gasteiger charge is -2.14. The maximum atomic E-state index is 10.8. The number of hydrogen-bond acceptors (Lipinski definition) is 4. The Morgan fingerprint density at radius 2 is 2.62 bits per heavy atom. The zero-order valence-corrected chi connectivity index (χ0v) is 7.75. The first kappa shape index (κ1) is 10.4. The Kier molecular flexibility index (Phi) is 4.14. The van der Waals surface area contributed by atoms with E-state index in [1.54, 1.807) is 7.11 Å². The molecule has 0 saturated carbocycles. The first-order valence-corrected chi connectivity index (χ1v) is 4.39. The molecule has 0 bridgehead atoms. The Balaban J connectivity index is 2.08. The Morgan fingerprint density at radius 3 is 3.15 bits per heavy atom. The molecule has 0 radical (unpaired) electrons. The van der Waals surface area contributed by atoms with Crippen molar-refractivity contribution in [3.05, 3.63) is 0 Å². The minimum Gasteiger partial charge on any atom is -0.389 e. The lowest BCUT2D eigenvalue weighted by atomic mass is 10.2. The smallest absolute Gasteiger partial charge is 0.221 e. The molecule has 5 nitrogen and oxygen atoms in total. The summed E-state index contributed by atoms with van der Waals surface area (Å²) < 4.78 is 4.77. The largest absolute Gasteiger partial charge is 0.389 e. The summed E-state index contributed by atoms with van der Waals surface area (Å²) in [6.45, 7) is 1.44. The monoisotopic (exact) mass is 188 g/mol. The fourth-order valence-corrected chi connectivity index (χ4v) is 1.30. The van der Waals surface area contributed by atoms with Gasteiger partial charge in [0, 0.05) is 32.7 Å². The van der Waals surface area contributed by atoms with E-state index < -0.39 is 6.10 Å². The molecule has 1 aliphatic heterocycles. The summed E-state index contributed by atoms with van der Waals surface area (Å²) >= 11 is 0. The van der Waals surface area contributed by atoms with Crippen LogP contribution in [0.1, 0.15) is 6.42 Å². The van der Waals surface area contributed by atoms with E-state index in [0.717, 1.165) is 0 Å². The average molecular weight is 188 g/mol. The van der Waals surface area contributed by atoms with E-state index in [4.69, 9.17) is 4.74 Å². The van der Waals surface area contributed by atoms with Crippen molar-refractivity contribution >= 4 is 5.91 Å². The zero-order chi connectivity index (χ0) is 9.68. The molecule has 5 heteroatoms. The van der Waals surface area contributed by atoms with E-state index in [1.165, 1.54) is 0 Å². The summed E-state index contributed by atoms with van der Waals surface area (Å²) in [6.07, 6.45) is 0.000355. The molecular weight excluding hydrogens is 172 g/mol. The molecule has 0 aromatic carbocycles. The lowest BCUT2D eigenvalue weighted by Crippen LogP contribution is -2.38. The third-order valence-corrected chi connectivity index (χ3v) is 1.98. The lowest BCUT2D eigenvalue weighted by molar-refractivity contribution is -0.119. The predicted molar refractivity (Wildman–Crippen MR) is 47.3 cm³/mol. The van der Waals surface area contributed by atoms with Gasteiger partial charge in [0.05, 0.1) is 12.7 Å². The zero-order valence-electron chi connectivity index (χ0n) is 7.75. The highest BCUT2D eigenvalue weighted by atomic mass is 16.5. The van der Waals surface area contributed by atoms with Gasteiger partial charge in [0.15, 0.2) is 0 Å². The highest BCUT2D eigenvalue weighted by Crippen LogP contribution is 1.98. The highest BCUT2D eigenvalue weighted by molar-refractivity contribution is 5.78. The van der Waals surface area contributed by atoms with Crippen LogP contribution in [-0.4, -0.2) is 50.0 Å². The normalized spacial score (nSPS) is 24.5. The van der Waals surface area contributed by atoms with E-state index in [-0.39, 0.29) is 11.9 Å². The summed E-state index contributed by atoms with van der Waals surface area (Å²) in [4.78, 5) is 10.8. The van der Waals surface area contributed by atoms with Crippen LogP contribution in [0.5, 0.6) is 0 Å². The minimum atomic E-state index is -0.499. The molecule has 1 aliphatic rings.